The van der Waals surface area contributed by atoms with E-state index in [-0.39, 0.29) is 0 Å². The van der Waals surface area contributed by atoms with Crippen LogP contribution in [0.4, 0.5) is 0 Å². The Kier molecular flexibility index (Phi) is 4.08. The van der Waals surface area contributed by atoms with Gasteiger partial charge in [0.25, 0.3) is 0 Å². The quantitative estimate of drug-likeness (QED) is 0.892. The van der Waals surface area contributed by atoms with Crippen molar-refractivity contribution in [3.63, 3.8) is 0 Å². The molecule has 1 aromatic rings. The number of benzene rings is 1. The third-order valence-electron chi connectivity index (χ3n) is 3.46. The molecule has 0 radical (unpaired) electrons. The molecule has 1 aliphatic rings. The molecule has 3 heteroatoms. The summed E-state index contributed by atoms with van der Waals surface area (Å²) in [6, 6.07) is 7.90. The van der Waals surface area contributed by atoms with Crippen molar-refractivity contribution >= 4 is 11.6 Å². The van der Waals surface area contributed by atoms with Crippen LogP contribution in [0.25, 0.3) is 0 Å². The van der Waals surface area contributed by atoms with Gasteiger partial charge < -0.3 is 5.11 Å². The van der Waals surface area contributed by atoms with E-state index in [1.165, 1.54) is 5.56 Å². The lowest BCUT2D eigenvalue weighted by molar-refractivity contribution is 0.0145. The summed E-state index contributed by atoms with van der Waals surface area (Å²) in [6.45, 7) is 1.62. The van der Waals surface area contributed by atoms with E-state index in [0.29, 0.717) is 0 Å². The van der Waals surface area contributed by atoms with Gasteiger partial charge in [0.15, 0.2) is 0 Å². The Labute approximate surface area is 108 Å². The van der Waals surface area contributed by atoms with E-state index in [0.717, 1.165) is 43.8 Å². The number of aliphatic hydroxyl groups is 1. The fourth-order valence-corrected chi connectivity index (χ4v) is 2.78. The van der Waals surface area contributed by atoms with Crippen LogP contribution in [0.1, 0.15) is 31.2 Å². The third-order valence-corrected chi connectivity index (χ3v) is 3.72. The first-order chi connectivity index (χ1) is 8.07. The van der Waals surface area contributed by atoms with Crippen LogP contribution in [0.15, 0.2) is 24.3 Å². The molecule has 2 nitrogen and oxygen atoms in total. The van der Waals surface area contributed by atoms with Crippen molar-refractivity contribution in [1.82, 2.24) is 4.90 Å². The molecule has 0 saturated heterocycles. The molecule has 0 spiro atoms. The van der Waals surface area contributed by atoms with Crippen molar-refractivity contribution in [3.8, 4) is 0 Å². The summed E-state index contributed by atoms with van der Waals surface area (Å²) in [7, 11) is 2.06. The predicted molar refractivity (Wildman–Crippen MR) is 71.2 cm³/mol. The van der Waals surface area contributed by atoms with Gasteiger partial charge in [-0.15, -0.1) is 0 Å². The van der Waals surface area contributed by atoms with Gasteiger partial charge in [0.1, 0.15) is 0 Å². The Morgan fingerprint density at radius 2 is 1.82 bits per heavy atom. The van der Waals surface area contributed by atoms with Crippen LogP contribution in [0, 0.1) is 0 Å². The Balaban J connectivity index is 1.88. The van der Waals surface area contributed by atoms with Gasteiger partial charge in [0, 0.05) is 18.1 Å². The molecule has 0 aliphatic heterocycles. The van der Waals surface area contributed by atoms with Gasteiger partial charge >= 0.3 is 0 Å². The lowest BCUT2D eigenvalue weighted by Crippen LogP contribution is -2.38. The van der Waals surface area contributed by atoms with Crippen molar-refractivity contribution in [2.75, 3.05) is 13.6 Å². The van der Waals surface area contributed by atoms with Crippen molar-refractivity contribution in [2.45, 2.75) is 37.8 Å². The van der Waals surface area contributed by atoms with Crippen molar-refractivity contribution < 1.29 is 5.11 Å². The Morgan fingerprint density at radius 1 is 1.24 bits per heavy atom. The Hall–Kier alpha value is -0.570. The molecule has 94 valence electrons. The van der Waals surface area contributed by atoms with Crippen molar-refractivity contribution in [1.29, 1.82) is 0 Å². The molecule has 17 heavy (non-hydrogen) atoms. The smallest absolute Gasteiger partial charge is 0.0774 e. The molecule has 1 N–H and O–H groups in total. The molecule has 0 heterocycles. The van der Waals surface area contributed by atoms with Crippen molar-refractivity contribution in [3.05, 3.63) is 34.9 Å². The average molecular weight is 254 g/mol. The maximum atomic E-state index is 10.3. The predicted octanol–water partition coefficient (Wildman–Crippen LogP) is 3.08. The molecule has 1 aliphatic carbocycles. The zero-order valence-electron chi connectivity index (χ0n) is 10.3. The number of halogens is 1. The molecular weight excluding hydrogens is 234 g/mol. The van der Waals surface area contributed by atoms with Gasteiger partial charge in [0.2, 0.25) is 0 Å². The first-order valence-electron chi connectivity index (χ1n) is 6.23. The number of hydrogen-bond donors (Lipinski definition) is 1. The summed E-state index contributed by atoms with van der Waals surface area (Å²) < 4.78 is 0. The summed E-state index contributed by atoms with van der Waals surface area (Å²) in [6.07, 6.45) is 4.20. The standard InChI is InChI=1S/C14H20ClNO/c1-16(11-14(17)8-2-3-9-14)10-12-4-6-13(15)7-5-12/h4-7,17H,2-3,8-11H2,1H3. The van der Waals surface area contributed by atoms with Crippen LogP contribution in [0.2, 0.25) is 5.02 Å². The minimum Gasteiger partial charge on any atom is -0.389 e. The zero-order chi connectivity index (χ0) is 12.3. The first kappa shape index (κ1) is 12.9. The number of likely N-dealkylation sites (N-methyl/N-ethyl adjacent to an activating group) is 1. The molecule has 0 bridgehead atoms. The lowest BCUT2D eigenvalue weighted by atomic mass is 10.0. The highest BCUT2D eigenvalue weighted by Gasteiger charge is 2.31. The average Bonchev–Trinajstić information content (AvgIpc) is 2.68. The molecule has 0 unspecified atom stereocenters. The maximum Gasteiger partial charge on any atom is 0.0774 e. The second-order valence-corrected chi connectivity index (χ2v) is 5.67. The van der Waals surface area contributed by atoms with Crippen LogP contribution in [0.3, 0.4) is 0 Å². The van der Waals surface area contributed by atoms with Crippen LogP contribution in [-0.2, 0) is 6.54 Å². The summed E-state index contributed by atoms with van der Waals surface area (Å²) in [5.74, 6) is 0. The molecular formula is C14H20ClNO. The summed E-state index contributed by atoms with van der Waals surface area (Å²) >= 11 is 5.85. The highest BCUT2D eigenvalue weighted by Crippen LogP contribution is 2.30. The molecule has 1 saturated carbocycles. The van der Waals surface area contributed by atoms with Gasteiger partial charge in [-0.1, -0.05) is 36.6 Å². The monoisotopic (exact) mass is 253 g/mol. The van der Waals surface area contributed by atoms with Gasteiger partial charge in [0.05, 0.1) is 5.60 Å². The zero-order valence-corrected chi connectivity index (χ0v) is 11.1. The van der Waals surface area contributed by atoms with Crippen LogP contribution < -0.4 is 0 Å². The van der Waals surface area contributed by atoms with Gasteiger partial charge in [-0.05, 0) is 37.6 Å². The SMILES string of the molecule is CN(Cc1ccc(Cl)cc1)CC1(O)CCCC1. The van der Waals surface area contributed by atoms with E-state index in [1.807, 2.05) is 24.3 Å². The normalized spacial score (nSPS) is 18.8. The van der Waals surface area contributed by atoms with Crippen LogP contribution in [-0.4, -0.2) is 29.2 Å². The third kappa shape index (κ3) is 3.70. The van der Waals surface area contributed by atoms with E-state index in [4.69, 9.17) is 11.6 Å². The fourth-order valence-electron chi connectivity index (χ4n) is 2.65. The van der Waals surface area contributed by atoms with Gasteiger partial charge in [-0.25, -0.2) is 0 Å². The maximum absolute atomic E-state index is 10.3. The number of rotatable bonds is 4. The Bertz CT molecular complexity index is 357. The molecule has 0 atom stereocenters. The summed E-state index contributed by atoms with van der Waals surface area (Å²) in [4.78, 5) is 2.19. The molecule has 0 aromatic heterocycles. The summed E-state index contributed by atoms with van der Waals surface area (Å²) in [5.41, 5.74) is 0.778. The fraction of sp³-hybridized carbons (Fsp3) is 0.571. The lowest BCUT2D eigenvalue weighted by Gasteiger charge is -2.28. The van der Waals surface area contributed by atoms with Crippen LogP contribution >= 0.6 is 11.6 Å². The van der Waals surface area contributed by atoms with E-state index in [2.05, 4.69) is 11.9 Å². The van der Waals surface area contributed by atoms with Crippen molar-refractivity contribution in [2.24, 2.45) is 0 Å². The second kappa shape index (κ2) is 5.38. The van der Waals surface area contributed by atoms with E-state index in [9.17, 15) is 5.11 Å². The number of nitrogens with zero attached hydrogens (tertiary/aromatic N) is 1. The largest absolute Gasteiger partial charge is 0.389 e. The highest BCUT2D eigenvalue weighted by molar-refractivity contribution is 6.30. The first-order valence-corrected chi connectivity index (χ1v) is 6.61. The van der Waals surface area contributed by atoms with E-state index >= 15 is 0 Å². The van der Waals surface area contributed by atoms with E-state index in [1.54, 1.807) is 0 Å². The van der Waals surface area contributed by atoms with Crippen LogP contribution in [0.5, 0.6) is 0 Å². The topological polar surface area (TPSA) is 23.5 Å². The molecule has 1 fully saturated rings. The highest BCUT2D eigenvalue weighted by atomic mass is 35.5. The minimum absolute atomic E-state index is 0.457. The number of hydrogen-bond acceptors (Lipinski definition) is 2. The molecule has 2 rings (SSSR count). The second-order valence-electron chi connectivity index (χ2n) is 5.23. The molecule has 0 amide bonds. The summed E-state index contributed by atoms with van der Waals surface area (Å²) in [5, 5.41) is 11.1. The molecule has 1 aromatic carbocycles. The Morgan fingerprint density at radius 3 is 2.41 bits per heavy atom. The minimum atomic E-state index is -0.457. The van der Waals surface area contributed by atoms with Gasteiger partial charge in [-0.2, -0.15) is 0 Å². The van der Waals surface area contributed by atoms with E-state index < -0.39 is 5.60 Å². The van der Waals surface area contributed by atoms with Gasteiger partial charge in [-0.3, -0.25) is 4.90 Å².